The predicted octanol–water partition coefficient (Wildman–Crippen LogP) is 3.41. The molecule has 0 aliphatic carbocycles. The number of rotatable bonds is 3. The summed E-state index contributed by atoms with van der Waals surface area (Å²) in [6.45, 7) is 6.32. The normalized spacial score (nSPS) is 11.5. The molecule has 0 spiro atoms. The first-order chi connectivity index (χ1) is 11.6. The molecule has 0 unspecified atom stereocenters. The third-order valence-corrected chi connectivity index (χ3v) is 4.06. The van der Waals surface area contributed by atoms with Gasteiger partial charge in [-0.3, -0.25) is 0 Å². The second-order valence-corrected chi connectivity index (χ2v) is 6.13. The lowest BCUT2D eigenvalue weighted by atomic mass is 10.0. The van der Waals surface area contributed by atoms with E-state index in [9.17, 15) is 0 Å². The van der Waals surface area contributed by atoms with Gasteiger partial charge in [0.25, 0.3) is 0 Å². The monoisotopic (exact) mass is 318 g/mol. The molecule has 4 aromatic heterocycles. The van der Waals surface area contributed by atoms with E-state index in [-0.39, 0.29) is 0 Å². The summed E-state index contributed by atoms with van der Waals surface area (Å²) in [5.41, 5.74) is 5.05. The Morgan fingerprint density at radius 1 is 1.04 bits per heavy atom. The molecule has 0 atom stereocenters. The lowest BCUT2D eigenvalue weighted by Gasteiger charge is -2.12. The summed E-state index contributed by atoms with van der Waals surface area (Å²) in [4.78, 5) is 8.83. The highest BCUT2D eigenvalue weighted by atomic mass is 15.3. The first kappa shape index (κ1) is 14.6. The third-order valence-electron chi connectivity index (χ3n) is 4.06. The van der Waals surface area contributed by atoms with E-state index >= 15 is 0 Å². The smallest absolute Gasteiger partial charge is 0.155 e. The number of pyridine rings is 2. The van der Waals surface area contributed by atoms with Crippen molar-refractivity contribution in [3.63, 3.8) is 0 Å². The molecule has 0 N–H and O–H groups in total. The number of hydrogen-bond acceptors (Lipinski definition) is 4. The van der Waals surface area contributed by atoms with Crippen LogP contribution in [0.25, 0.3) is 22.7 Å². The van der Waals surface area contributed by atoms with Crippen LogP contribution in [0.1, 0.15) is 31.0 Å². The van der Waals surface area contributed by atoms with Crippen molar-refractivity contribution in [1.82, 2.24) is 29.4 Å². The second kappa shape index (κ2) is 5.56. The lowest BCUT2D eigenvalue weighted by molar-refractivity contribution is 0.840. The van der Waals surface area contributed by atoms with Crippen LogP contribution in [0.5, 0.6) is 0 Å². The van der Waals surface area contributed by atoms with Crippen LogP contribution in [0.15, 0.2) is 49.1 Å². The summed E-state index contributed by atoms with van der Waals surface area (Å²) < 4.78 is 3.68. The van der Waals surface area contributed by atoms with Crippen molar-refractivity contribution >= 4 is 5.65 Å². The molecule has 0 saturated heterocycles. The minimum absolute atomic E-state index is 0.352. The third kappa shape index (κ3) is 2.36. The molecule has 0 aliphatic rings. The molecule has 4 aromatic rings. The first-order valence-electron chi connectivity index (χ1n) is 7.95. The summed E-state index contributed by atoms with van der Waals surface area (Å²) in [6.07, 6.45) is 5.47. The number of fused-ring (bicyclic) bond motifs is 1. The summed E-state index contributed by atoms with van der Waals surface area (Å²) in [5.74, 6) is 1.17. The van der Waals surface area contributed by atoms with E-state index in [0.717, 1.165) is 28.4 Å². The van der Waals surface area contributed by atoms with Crippen LogP contribution in [-0.2, 0) is 0 Å². The van der Waals surface area contributed by atoms with Gasteiger partial charge in [-0.15, -0.1) is 0 Å². The summed E-state index contributed by atoms with van der Waals surface area (Å²) in [7, 11) is 0. The summed E-state index contributed by atoms with van der Waals surface area (Å²) in [5, 5.41) is 8.84. The van der Waals surface area contributed by atoms with Gasteiger partial charge < -0.3 is 0 Å². The Bertz CT molecular complexity index is 1010. The number of aromatic nitrogens is 6. The van der Waals surface area contributed by atoms with Gasteiger partial charge in [0.1, 0.15) is 6.33 Å². The maximum atomic E-state index is 4.62. The van der Waals surface area contributed by atoms with E-state index in [4.69, 9.17) is 0 Å². The average molecular weight is 318 g/mol. The highest BCUT2D eigenvalue weighted by molar-refractivity contribution is 5.66. The molecule has 120 valence electrons. The Kier molecular flexibility index (Phi) is 3.37. The van der Waals surface area contributed by atoms with Crippen molar-refractivity contribution in [1.29, 1.82) is 0 Å². The van der Waals surface area contributed by atoms with E-state index in [1.807, 2.05) is 48.3 Å². The molecule has 0 aliphatic heterocycles. The van der Waals surface area contributed by atoms with Crippen molar-refractivity contribution < 1.29 is 0 Å². The molecule has 4 rings (SSSR count). The van der Waals surface area contributed by atoms with Crippen LogP contribution in [0, 0.1) is 6.92 Å². The minimum Gasteiger partial charge on any atom is -0.234 e. The fraction of sp³-hybridized carbons (Fsp3) is 0.222. The molecular formula is C18H18N6. The highest BCUT2D eigenvalue weighted by Crippen LogP contribution is 2.31. The summed E-state index contributed by atoms with van der Waals surface area (Å²) >= 11 is 0. The average Bonchev–Trinajstić information content (AvgIpc) is 3.20. The molecule has 0 amide bonds. The Balaban J connectivity index is 1.96. The Morgan fingerprint density at radius 2 is 1.92 bits per heavy atom. The van der Waals surface area contributed by atoms with E-state index in [0.29, 0.717) is 5.92 Å². The molecule has 0 radical (unpaired) electrons. The van der Waals surface area contributed by atoms with Crippen molar-refractivity contribution in [3.05, 3.63) is 60.3 Å². The molecule has 0 aromatic carbocycles. The van der Waals surface area contributed by atoms with Crippen molar-refractivity contribution in [2.45, 2.75) is 26.7 Å². The molecule has 0 saturated carbocycles. The zero-order valence-corrected chi connectivity index (χ0v) is 13.9. The van der Waals surface area contributed by atoms with Gasteiger partial charge in [0.15, 0.2) is 11.5 Å². The second-order valence-electron chi connectivity index (χ2n) is 6.13. The van der Waals surface area contributed by atoms with Crippen LogP contribution in [0.4, 0.5) is 0 Å². The van der Waals surface area contributed by atoms with Gasteiger partial charge in [-0.1, -0.05) is 19.9 Å². The van der Waals surface area contributed by atoms with Crippen LogP contribution < -0.4 is 0 Å². The van der Waals surface area contributed by atoms with Crippen molar-refractivity contribution in [3.8, 4) is 17.1 Å². The molecule has 0 bridgehead atoms. The Hall–Kier alpha value is -3.02. The van der Waals surface area contributed by atoms with Gasteiger partial charge in [-0.2, -0.15) is 10.2 Å². The fourth-order valence-electron chi connectivity index (χ4n) is 2.85. The number of hydrogen-bond donors (Lipinski definition) is 0. The summed E-state index contributed by atoms with van der Waals surface area (Å²) in [6, 6.07) is 9.98. The number of aryl methyl sites for hydroxylation is 1. The zero-order chi connectivity index (χ0) is 16.7. The van der Waals surface area contributed by atoms with Gasteiger partial charge in [0.2, 0.25) is 0 Å². The van der Waals surface area contributed by atoms with Crippen LogP contribution in [0.2, 0.25) is 0 Å². The van der Waals surface area contributed by atoms with E-state index in [1.54, 1.807) is 10.8 Å². The van der Waals surface area contributed by atoms with Gasteiger partial charge >= 0.3 is 0 Å². The van der Waals surface area contributed by atoms with Gasteiger partial charge in [0, 0.05) is 23.0 Å². The minimum atomic E-state index is 0.352. The quantitative estimate of drug-likeness (QED) is 0.581. The standard InChI is InChI=1S/C18H18N6/c1-12(2)15-9-20-24(17-6-4-5-13(3)22-17)18(15)14-7-8-16-19-11-21-23(16)10-14/h4-12H,1-3H3. The molecule has 4 heterocycles. The van der Waals surface area contributed by atoms with E-state index in [2.05, 4.69) is 40.1 Å². The largest absolute Gasteiger partial charge is 0.234 e. The van der Waals surface area contributed by atoms with Gasteiger partial charge in [-0.25, -0.2) is 19.2 Å². The predicted molar refractivity (Wildman–Crippen MR) is 92.2 cm³/mol. The van der Waals surface area contributed by atoms with Crippen LogP contribution in [0.3, 0.4) is 0 Å². The first-order valence-corrected chi connectivity index (χ1v) is 7.95. The van der Waals surface area contributed by atoms with Gasteiger partial charge in [-0.05, 0) is 37.1 Å². The van der Waals surface area contributed by atoms with E-state index < -0.39 is 0 Å². The zero-order valence-electron chi connectivity index (χ0n) is 13.9. The molecule has 6 nitrogen and oxygen atoms in total. The van der Waals surface area contributed by atoms with Crippen LogP contribution in [-0.4, -0.2) is 29.4 Å². The molecule has 24 heavy (non-hydrogen) atoms. The molecule has 0 fully saturated rings. The number of nitrogens with zero attached hydrogens (tertiary/aromatic N) is 6. The SMILES string of the molecule is Cc1cccc(-n2ncc(C(C)C)c2-c2ccc3ncnn3c2)n1. The Labute approximate surface area is 139 Å². The lowest BCUT2D eigenvalue weighted by Crippen LogP contribution is -2.04. The molecular weight excluding hydrogens is 300 g/mol. The van der Waals surface area contributed by atoms with Crippen molar-refractivity contribution in [2.75, 3.05) is 0 Å². The maximum Gasteiger partial charge on any atom is 0.155 e. The fourth-order valence-corrected chi connectivity index (χ4v) is 2.85. The van der Waals surface area contributed by atoms with E-state index in [1.165, 1.54) is 5.56 Å². The topological polar surface area (TPSA) is 60.9 Å². The molecule has 6 heteroatoms. The maximum absolute atomic E-state index is 4.62. The van der Waals surface area contributed by atoms with Crippen LogP contribution >= 0.6 is 0 Å². The highest BCUT2D eigenvalue weighted by Gasteiger charge is 2.18. The van der Waals surface area contributed by atoms with Gasteiger partial charge in [0.05, 0.1) is 11.9 Å². The Morgan fingerprint density at radius 3 is 2.71 bits per heavy atom. The van der Waals surface area contributed by atoms with Crippen molar-refractivity contribution in [2.24, 2.45) is 0 Å².